The lowest BCUT2D eigenvalue weighted by atomic mass is 9.58. The zero-order chi connectivity index (χ0) is 58.9. The molecule has 0 aromatic heterocycles. The highest BCUT2D eigenvalue weighted by Gasteiger charge is 2.80. The van der Waals surface area contributed by atoms with Crippen LogP contribution in [0.15, 0.2) is 103 Å². The normalized spacial score (nSPS) is 12.6. The second-order valence-electron chi connectivity index (χ2n) is 20.0. The number of carbonyl (C=O) groups is 4. The van der Waals surface area contributed by atoms with Crippen LogP contribution in [0.3, 0.4) is 0 Å². The summed E-state index contributed by atoms with van der Waals surface area (Å²) in [5.41, 5.74) is -5.33. The zero-order valence-electron chi connectivity index (χ0n) is 47.5. The van der Waals surface area contributed by atoms with Gasteiger partial charge in [-0.05, 0) is 98.1 Å². The van der Waals surface area contributed by atoms with E-state index >= 15 is 0 Å². The molecule has 0 heterocycles. The Morgan fingerprint density at radius 2 is 0.988 bits per heavy atom. The fourth-order valence-electron chi connectivity index (χ4n) is 10.1. The van der Waals surface area contributed by atoms with Gasteiger partial charge in [0.15, 0.2) is 23.0 Å². The molecule has 0 aliphatic rings. The van der Waals surface area contributed by atoms with Gasteiger partial charge in [-0.1, -0.05) is 158 Å². The van der Waals surface area contributed by atoms with Crippen LogP contribution < -0.4 is 18.9 Å². The van der Waals surface area contributed by atoms with E-state index in [1.807, 2.05) is 18.2 Å². The van der Waals surface area contributed by atoms with Crippen LogP contribution in [0, 0.1) is 25.6 Å². The predicted octanol–water partition coefficient (Wildman–Crippen LogP) is 13.6. The standard InChI is InChI=1S/C63H82N2O16/c1-5-7-24-42-78-53-37-33-48(46-55(53)76-3)35-39-57(66)80-44-26-15-11-9-13-18-28-50-29-21-22-32-52(50)62(65(74)75,63(60(68)69,61(70)71)59(64(72)73)51-30-19-17-20-31-51)41-23-14-10-12-16-27-45-81-58(67)40-36-49-34-38-54(56(47-49)77-4)79-43-25-8-6-2/h17,19-22,29-40,46-47,59H,5-16,18,23-28,41-45H2,1-4H3,(H,68,69)(H,70,71). The first-order valence-corrected chi connectivity index (χ1v) is 28.4. The molecule has 2 N–H and O–H groups in total. The van der Waals surface area contributed by atoms with Crippen LogP contribution >= 0.6 is 0 Å². The van der Waals surface area contributed by atoms with Gasteiger partial charge in [-0.3, -0.25) is 29.8 Å². The Labute approximate surface area is 476 Å². The molecule has 0 radical (unpaired) electrons. The Kier molecular flexibility index (Phi) is 29.0. The van der Waals surface area contributed by atoms with Crippen molar-refractivity contribution < 1.29 is 67.7 Å². The minimum absolute atomic E-state index is 0.0306. The van der Waals surface area contributed by atoms with Crippen LogP contribution in [0.4, 0.5) is 0 Å². The average molecular weight is 1120 g/mol. The Morgan fingerprint density at radius 1 is 0.543 bits per heavy atom. The molecule has 0 spiro atoms. The predicted molar refractivity (Wildman–Crippen MR) is 309 cm³/mol. The second-order valence-corrected chi connectivity index (χ2v) is 20.0. The number of carboxylic acids is 2. The van der Waals surface area contributed by atoms with Crippen LogP contribution in [-0.4, -0.2) is 84.6 Å². The van der Waals surface area contributed by atoms with Gasteiger partial charge in [0, 0.05) is 39.5 Å². The lowest BCUT2D eigenvalue weighted by molar-refractivity contribution is -0.628. The molecule has 2 unspecified atom stereocenters. The highest BCUT2D eigenvalue weighted by atomic mass is 16.6. The van der Waals surface area contributed by atoms with Gasteiger partial charge in [0.1, 0.15) is 0 Å². The van der Waals surface area contributed by atoms with Crippen LogP contribution in [0.2, 0.25) is 0 Å². The molecule has 4 aromatic carbocycles. The van der Waals surface area contributed by atoms with Crippen molar-refractivity contribution in [1.29, 1.82) is 0 Å². The monoisotopic (exact) mass is 1120 g/mol. The highest BCUT2D eigenvalue weighted by Crippen LogP contribution is 2.56. The quantitative estimate of drug-likeness (QED) is 0.0104. The molecule has 18 nitrogen and oxygen atoms in total. The largest absolute Gasteiger partial charge is 0.493 e. The third-order valence-corrected chi connectivity index (χ3v) is 14.3. The molecule has 0 saturated heterocycles. The Hall–Kier alpha value is -7.76. The van der Waals surface area contributed by atoms with E-state index in [1.54, 1.807) is 56.7 Å². The molecule has 0 fully saturated rings. The number of unbranched alkanes of at least 4 members (excludes halogenated alkanes) is 14. The van der Waals surface area contributed by atoms with Gasteiger partial charge in [0.05, 0.1) is 40.6 Å². The van der Waals surface area contributed by atoms with Crippen molar-refractivity contribution in [3.63, 3.8) is 0 Å². The molecule has 18 heteroatoms. The molecule has 0 aliphatic carbocycles. The first-order valence-electron chi connectivity index (χ1n) is 28.4. The maximum atomic E-state index is 14.0. The number of carboxylic acid groups (broad SMARTS) is 2. The van der Waals surface area contributed by atoms with Crippen molar-refractivity contribution in [2.45, 2.75) is 154 Å². The summed E-state index contributed by atoms with van der Waals surface area (Å²) >= 11 is 0. The van der Waals surface area contributed by atoms with Crippen molar-refractivity contribution in [2.24, 2.45) is 5.41 Å². The number of carbonyl (C=O) groups excluding carboxylic acids is 2. The molecule has 0 aliphatic heterocycles. The summed E-state index contributed by atoms with van der Waals surface area (Å²) in [6.07, 6.45) is 18.3. The third kappa shape index (κ3) is 19.5. The summed E-state index contributed by atoms with van der Waals surface area (Å²) in [5.74, 6) is -3.05. The van der Waals surface area contributed by atoms with Crippen molar-refractivity contribution in [2.75, 3.05) is 40.6 Å². The van der Waals surface area contributed by atoms with E-state index in [1.165, 1.54) is 54.6 Å². The smallest absolute Gasteiger partial charge is 0.336 e. The van der Waals surface area contributed by atoms with E-state index in [-0.39, 0.29) is 37.2 Å². The summed E-state index contributed by atoms with van der Waals surface area (Å²) in [5, 5.41) is 49.5. The van der Waals surface area contributed by atoms with Crippen LogP contribution in [-0.2, 0) is 40.6 Å². The van der Waals surface area contributed by atoms with Crippen LogP contribution in [0.25, 0.3) is 12.2 Å². The Morgan fingerprint density at radius 3 is 1.44 bits per heavy atom. The number of aliphatic carboxylic acids is 2. The van der Waals surface area contributed by atoms with Gasteiger partial charge in [0.2, 0.25) is 0 Å². The van der Waals surface area contributed by atoms with Crippen LogP contribution in [0.1, 0.15) is 170 Å². The molecule has 81 heavy (non-hydrogen) atoms. The first kappa shape index (κ1) is 65.8. The molecule has 0 bridgehead atoms. The van der Waals surface area contributed by atoms with Crippen LogP contribution in [0.5, 0.6) is 23.0 Å². The molecular weight excluding hydrogens is 1040 g/mol. The van der Waals surface area contributed by atoms with Crippen molar-refractivity contribution >= 4 is 36.0 Å². The molecule has 2 atom stereocenters. The summed E-state index contributed by atoms with van der Waals surface area (Å²) < 4.78 is 33.4. The number of benzene rings is 4. The Bertz CT molecular complexity index is 2660. The van der Waals surface area contributed by atoms with E-state index in [2.05, 4.69) is 13.8 Å². The SMILES string of the molecule is CCCCCOc1ccc(C=CC(=O)OCCCCCCCCc2ccccc2C(CCCCCCCCOC(=O)C=Cc2ccc(OCCCCC)c(OC)c2)([N+](=O)[O-])C(C(=O)O)(C(=O)O)C(c2ccccc2)[N+](=O)[O-])cc1OC. The maximum absolute atomic E-state index is 14.0. The average Bonchev–Trinajstić information content (AvgIpc) is 3.58. The number of ether oxygens (including phenoxy) is 6. The maximum Gasteiger partial charge on any atom is 0.336 e. The van der Waals surface area contributed by atoms with Crippen molar-refractivity contribution in [1.82, 2.24) is 0 Å². The summed E-state index contributed by atoms with van der Waals surface area (Å²) in [4.78, 5) is 77.9. The number of hydrogen-bond donors (Lipinski definition) is 2. The molecule has 4 aromatic rings. The number of nitro groups is 2. The topological polar surface area (TPSA) is 250 Å². The summed E-state index contributed by atoms with van der Waals surface area (Å²) in [6.45, 7) is 5.76. The summed E-state index contributed by atoms with van der Waals surface area (Å²) in [7, 11) is 3.11. The molecular formula is C63H82N2O16. The Balaban J connectivity index is 1.38. The van der Waals surface area contributed by atoms with E-state index < -0.39 is 57.1 Å². The zero-order valence-corrected chi connectivity index (χ0v) is 47.5. The van der Waals surface area contributed by atoms with Gasteiger partial charge in [-0.2, -0.15) is 0 Å². The molecule has 4 rings (SSSR count). The fourth-order valence-corrected chi connectivity index (χ4v) is 10.1. The highest BCUT2D eigenvalue weighted by molar-refractivity contribution is 6.01. The third-order valence-electron chi connectivity index (χ3n) is 14.3. The molecule has 0 saturated carbocycles. The van der Waals surface area contributed by atoms with E-state index in [9.17, 15) is 49.6 Å². The minimum Gasteiger partial charge on any atom is -0.493 e. The van der Waals surface area contributed by atoms with Gasteiger partial charge in [0.25, 0.3) is 11.6 Å². The number of nitrogens with zero attached hydrogens (tertiary/aromatic N) is 2. The number of hydrogen-bond acceptors (Lipinski definition) is 14. The molecule has 0 amide bonds. The number of rotatable bonds is 42. The van der Waals surface area contributed by atoms with E-state index in [0.717, 1.165) is 68.9 Å². The van der Waals surface area contributed by atoms with Gasteiger partial charge < -0.3 is 38.6 Å². The van der Waals surface area contributed by atoms with Gasteiger partial charge in [-0.15, -0.1) is 0 Å². The number of aryl methyl sites for hydroxylation is 1. The van der Waals surface area contributed by atoms with Gasteiger partial charge in [-0.25, -0.2) is 9.59 Å². The molecule has 440 valence electrons. The lowest BCUT2D eigenvalue weighted by Gasteiger charge is -2.40. The number of esters is 2. The summed E-state index contributed by atoms with van der Waals surface area (Å²) in [6, 6.07) is 21.0. The van der Waals surface area contributed by atoms with E-state index in [4.69, 9.17) is 28.4 Å². The first-order chi connectivity index (χ1) is 39.2. The van der Waals surface area contributed by atoms with Crippen molar-refractivity contribution in [3.8, 4) is 23.0 Å². The van der Waals surface area contributed by atoms with Gasteiger partial charge >= 0.3 is 29.3 Å². The lowest BCUT2D eigenvalue weighted by Crippen LogP contribution is -2.64. The fraction of sp³-hybridized carbons (Fsp3) is 0.492. The second kappa shape index (κ2) is 35.8. The minimum atomic E-state index is -3.62. The van der Waals surface area contributed by atoms with Crippen molar-refractivity contribution in [3.05, 3.63) is 151 Å². The van der Waals surface area contributed by atoms with E-state index in [0.29, 0.717) is 93.1 Å². The number of methoxy groups -OCH3 is 2.